The molecule has 3 heteroatoms. The van der Waals surface area contributed by atoms with Crippen LogP contribution in [0.5, 0.6) is 0 Å². The highest BCUT2D eigenvalue weighted by molar-refractivity contribution is 14.1. The van der Waals surface area contributed by atoms with E-state index < -0.39 is 8.32 Å². The summed E-state index contributed by atoms with van der Waals surface area (Å²) in [5, 5.41) is 0.297. The van der Waals surface area contributed by atoms with Gasteiger partial charge in [0.1, 0.15) is 0 Å². The van der Waals surface area contributed by atoms with Crippen LogP contribution >= 0.6 is 22.6 Å². The van der Waals surface area contributed by atoms with Gasteiger partial charge in [0.25, 0.3) is 0 Å². The second kappa shape index (κ2) is 10.4. The number of rotatable bonds is 10. The van der Waals surface area contributed by atoms with E-state index in [1.807, 2.05) is 0 Å². The second-order valence-corrected chi connectivity index (χ2v) is 12.8. The minimum Gasteiger partial charge on any atom is -0.411 e. The lowest BCUT2D eigenvalue weighted by atomic mass is 10.1. The SMILES string of the molecule is CCCCCCCCC(/C=C/I)O[Si](C)(C)C(C)(C)C. The summed E-state index contributed by atoms with van der Waals surface area (Å²) < 4.78 is 8.64. The molecule has 120 valence electrons. The maximum absolute atomic E-state index is 6.52. The van der Waals surface area contributed by atoms with Gasteiger partial charge in [-0.05, 0) is 28.6 Å². The molecule has 0 saturated carbocycles. The van der Waals surface area contributed by atoms with Crippen molar-refractivity contribution in [2.75, 3.05) is 0 Å². The van der Waals surface area contributed by atoms with Gasteiger partial charge in [-0.2, -0.15) is 0 Å². The lowest BCUT2D eigenvalue weighted by molar-refractivity contribution is 0.211. The molecule has 1 atom stereocenters. The summed E-state index contributed by atoms with van der Waals surface area (Å²) in [7, 11) is -1.64. The third-order valence-electron chi connectivity index (χ3n) is 4.38. The normalized spacial score (nSPS) is 14.9. The molecular weight excluding hydrogens is 375 g/mol. The molecule has 1 unspecified atom stereocenters. The van der Waals surface area contributed by atoms with Crippen LogP contribution in [0, 0.1) is 0 Å². The predicted molar refractivity (Wildman–Crippen MR) is 103 cm³/mol. The molecule has 0 fully saturated rings. The lowest BCUT2D eigenvalue weighted by Gasteiger charge is -2.38. The molecule has 0 aliphatic rings. The van der Waals surface area contributed by atoms with Crippen molar-refractivity contribution in [1.82, 2.24) is 0 Å². The van der Waals surface area contributed by atoms with Crippen molar-refractivity contribution in [3.63, 3.8) is 0 Å². The first-order valence-corrected chi connectivity index (χ1v) is 12.3. The molecular formula is C17H35IOSi. The van der Waals surface area contributed by atoms with E-state index >= 15 is 0 Å². The van der Waals surface area contributed by atoms with Crippen LogP contribution < -0.4 is 0 Å². The van der Waals surface area contributed by atoms with Gasteiger partial charge in [-0.15, -0.1) is 0 Å². The van der Waals surface area contributed by atoms with Crippen LogP contribution in [0.3, 0.4) is 0 Å². The Labute approximate surface area is 142 Å². The standard InChI is InChI=1S/C17H35IOSi/c1-7-8-9-10-11-12-13-16(14-15-18)19-20(5,6)17(2,3)4/h14-16H,7-13H2,1-6H3/b15-14+. The highest BCUT2D eigenvalue weighted by atomic mass is 127. The molecule has 0 aliphatic heterocycles. The predicted octanol–water partition coefficient (Wildman–Crippen LogP) is 7.08. The molecule has 0 spiro atoms. The van der Waals surface area contributed by atoms with Gasteiger partial charge >= 0.3 is 0 Å². The Bertz CT molecular complexity index is 269. The van der Waals surface area contributed by atoms with Crippen LogP contribution in [0.4, 0.5) is 0 Å². The van der Waals surface area contributed by atoms with E-state index in [0.717, 1.165) is 0 Å². The van der Waals surface area contributed by atoms with Gasteiger partial charge in [-0.25, -0.2) is 0 Å². The van der Waals surface area contributed by atoms with Crippen molar-refractivity contribution in [1.29, 1.82) is 0 Å². The summed E-state index contributed by atoms with van der Waals surface area (Å²) in [5.41, 5.74) is 0. The van der Waals surface area contributed by atoms with Gasteiger partial charge in [0.15, 0.2) is 8.32 Å². The van der Waals surface area contributed by atoms with E-state index in [0.29, 0.717) is 11.1 Å². The van der Waals surface area contributed by atoms with Gasteiger partial charge in [0.2, 0.25) is 0 Å². The van der Waals surface area contributed by atoms with Gasteiger partial charge in [0, 0.05) is 0 Å². The topological polar surface area (TPSA) is 9.23 Å². The Kier molecular flexibility index (Phi) is 10.7. The summed E-state index contributed by atoms with van der Waals surface area (Å²) in [4.78, 5) is 0. The molecule has 0 amide bonds. The van der Waals surface area contributed by atoms with E-state index in [1.54, 1.807) is 0 Å². The summed E-state index contributed by atoms with van der Waals surface area (Å²) in [5.74, 6) is 0. The molecule has 0 aromatic carbocycles. The summed E-state index contributed by atoms with van der Waals surface area (Å²) in [6.45, 7) is 13.9. The number of unbranched alkanes of at least 4 members (excludes halogenated alkanes) is 5. The molecule has 0 saturated heterocycles. The molecule has 0 N–H and O–H groups in total. The van der Waals surface area contributed by atoms with Crippen LogP contribution in [0.2, 0.25) is 18.1 Å². The van der Waals surface area contributed by atoms with E-state index in [-0.39, 0.29) is 0 Å². The van der Waals surface area contributed by atoms with E-state index in [2.05, 4.69) is 73.5 Å². The Morgan fingerprint density at radius 3 is 2.10 bits per heavy atom. The Morgan fingerprint density at radius 2 is 1.60 bits per heavy atom. The molecule has 0 aromatic heterocycles. The molecule has 0 heterocycles. The molecule has 0 bridgehead atoms. The molecule has 20 heavy (non-hydrogen) atoms. The number of hydrogen-bond donors (Lipinski definition) is 0. The van der Waals surface area contributed by atoms with Crippen LogP contribution in [0.1, 0.15) is 72.6 Å². The maximum Gasteiger partial charge on any atom is 0.192 e. The molecule has 0 aromatic rings. The van der Waals surface area contributed by atoms with Crippen molar-refractivity contribution in [2.24, 2.45) is 0 Å². The fraction of sp³-hybridized carbons (Fsp3) is 0.882. The lowest BCUT2D eigenvalue weighted by Crippen LogP contribution is -2.43. The second-order valence-electron chi connectivity index (χ2n) is 7.29. The largest absolute Gasteiger partial charge is 0.411 e. The first kappa shape index (κ1) is 20.6. The minimum atomic E-state index is -1.64. The van der Waals surface area contributed by atoms with Crippen LogP contribution in [-0.4, -0.2) is 14.4 Å². The Balaban J connectivity index is 4.18. The van der Waals surface area contributed by atoms with Gasteiger partial charge in [0.05, 0.1) is 6.10 Å². The monoisotopic (exact) mass is 410 g/mol. The number of hydrogen-bond acceptors (Lipinski definition) is 1. The fourth-order valence-electron chi connectivity index (χ4n) is 1.96. The van der Waals surface area contributed by atoms with Gasteiger partial charge < -0.3 is 4.43 Å². The molecule has 1 nitrogen and oxygen atoms in total. The summed E-state index contributed by atoms with van der Waals surface area (Å²) in [6.07, 6.45) is 11.9. The first-order chi connectivity index (χ1) is 9.24. The van der Waals surface area contributed by atoms with E-state index in [9.17, 15) is 0 Å². The average molecular weight is 410 g/mol. The fourth-order valence-corrected chi connectivity index (χ4v) is 3.73. The summed E-state index contributed by atoms with van der Waals surface area (Å²) >= 11 is 2.31. The minimum absolute atomic E-state index is 0.297. The first-order valence-electron chi connectivity index (χ1n) is 8.19. The van der Waals surface area contributed by atoms with Crippen LogP contribution in [-0.2, 0) is 4.43 Å². The Hall–Kier alpha value is 0.647. The van der Waals surface area contributed by atoms with Crippen molar-refractivity contribution in [3.8, 4) is 0 Å². The zero-order chi connectivity index (χ0) is 15.6. The zero-order valence-corrected chi connectivity index (χ0v) is 17.6. The highest BCUT2D eigenvalue weighted by Crippen LogP contribution is 2.38. The Morgan fingerprint density at radius 1 is 1.05 bits per heavy atom. The molecule has 0 radical (unpaired) electrons. The summed E-state index contributed by atoms with van der Waals surface area (Å²) in [6, 6.07) is 0. The van der Waals surface area contributed by atoms with Crippen molar-refractivity contribution in [2.45, 2.75) is 96.9 Å². The van der Waals surface area contributed by atoms with E-state index in [4.69, 9.17) is 4.43 Å². The van der Waals surface area contributed by atoms with Crippen LogP contribution in [0.25, 0.3) is 0 Å². The van der Waals surface area contributed by atoms with Crippen molar-refractivity contribution >= 4 is 30.9 Å². The van der Waals surface area contributed by atoms with E-state index in [1.165, 1.54) is 44.9 Å². The number of halogens is 1. The van der Waals surface area contributed by atoms with Crippen LogP contribution in [0.15, 0.2) is 10.2 Å². The van der Waals surface area contributed by atoms with Crippen molar-refractivity contribution in [3.05, 3.63) is 10.2 Å². The third kappa shape index (κ3) is 8.83. The smallest absolute Gasteiger partial charge is 0.192 e. The average Bonchev–Trinajstić information content (AvgIpc) is 2.32. The third-order valence-corrected chi connectivity index (χ3v) is 9.30. The molecule has 0 aliphatic carbocycles. The quantitative estimate of drug-likeness (QED) is 0.212. The molecule has 0 rings (SSSR count). The van der Waals surface area contributed by atoms with Crippen molar-refractivity contribution < 1.29 is 4.43 Å². The maximum atomic E-state index is 6.52. The van der Waals surface area contributed by atoms with Gasteiger partial charge in [-0.1, -0.05) is 94.9 Å². The zero-order valence-electron chi connectivity index (χ0n) is 14.5. The van der Waals surface area contributed by atoms with Gasteiger partial charge in [-0.3, -0.25) is 0 Å². The highest BCUT2D eigenvalue weighted by Gasteiger charge is 2.38.